The second-order valence-electron chi connectivity index (χ2n) is 8.95. The molecule has 3 aromatic rings. The lowest BCUT2D eigenvalue weighted by molar-refractivity contribution is -0.130. The Bertz CT molecular complexity index is 1360. The summed E-state index contributed by atoms with van der Waals surface area (Å²) in [4.78, 5) is 21.3. The average Bonchev–Trinajstić information content (AvgIpc) is 3.31. The number of benzene rings is 2. The highest BCUT2D eigenvalue weighted by atomic mass is 32.1. The van der Waals surface area contributed by atoms with Crippen LogP contribution in [0.1, 0.15) is 12.0 Å². The number of anilines is 2. The van der Waals surface area contributed by atoms with Crippen molar-refractivity contribution in [2.24, 2.45) is 0 Å². The second kappa shape index (κ2) is 10.4. The van der Waals surface area contributed by atoms with E-state index in [1.165, 1.54) is 0 Å². The van der Waals surface area contributed by atoms with Crippen molar-refractivity contribution in [3.8, 4) is 5.75 Å². The standard InChI is InChI=1S/C28H29N5O2S/c1-35-22-10-11-25-24(17-22)19(18-30-25)16-27(34)33-14-12-32(13-15-33)21-8-6-20(7-9-21)31-28(29)23-4-2-3-5-26(23)36/h2-4,6-11,17-18,30H,5,12-16H2,1H3,(H2,29,31). The molecule has 2 aliphatic rings. The molecular weight excluding hydrogens is 470 g/mol. The van der Waals surface area contributed by atoms with E-state index >= 15 is 0 Å². The number of ether oxygens (including phenoxy) is 1. The van der Waals surface area contributed by atoms with Gasteiger partial charge >= 0.3 is 0 Å². The van der Waals surface area contributed by atoms with Gasteiger partial charge in [-0.3, -0.25) is 10.2 Å². The molecule has 1 fully saturated rings. The maximum atomic E-state index is 13.0. The first-order chi connectivity index (χ1) is 17.5. The predicted molar refractivity (Wildman–Crippen MR) is 150 cm³/mol. The minimum atomic E-state index is 0.140. The molecule has 7 nitrogen and oxygen atoms in total. The molecule has 0 spiro atoms. The van der Waals surface area contributed by atoms with E-state index in [1.807, 2.05) is 59.7 Å². The zero-order valence-electron chi connectivity index (χ0n) is 20.2. The topological polar surface area (TPSA) is 84.5 Å². The zero-order valence-corrected chi connectivity index (χ0v) is 21.0. The molecule has 1 aromatic heterocycles. The van der Waals surface area contributed by atoms with E-state index in [-0.39, 0.29) is 5.91 Å². The number of carbonyl (C=O) groups excluding carboxylic acids is 1. The maximum Gasteiger partial charge on any atom is 0.227 e. The van der Waals surface area contributed by atoms with Crippen LogP contribution in [0.5, 0.6) is 5.75 Å². The highest BCUT2D eigenvalue weighted by molar-refractivity contribution is 7.81. The Balaban J connectivity index is 1.16. The number of nitrogens with zero attached hydrogens (tertiary/aromatic N) is 2. The molecular formula is C28H29N5O2S. The number of piperazine rings is 1. The quantitative estimate of drug-likeness (QED) is 0.260. The van der Waals surface area contributed by atoms with Crippen LogP contribution in [0.2, 0.25) is 0 Å². The van der Waals surface area contributed by atoms with E-state index in [1.54, 1.807) is 7.11 Å². The Hall–Kier alpha value is -3.91. The van der Waals surface area contributed by atoms with Gasteiger partial charge in [-0.25, -0.2) is 0 Å². The van der Waals surface area contributed by atoms with Crippen LogP contribution in [-0.2, 0) is 11.2 Å². The fraction of sp³-hybridized carbons (Fsp3) is 0.250. The van der Waals surface area contributed by atoms with E-state index in [2.05, 4.69) is 27.3 Å². The summed E-state index contributed by atoms with van der Waals surface area (Å²) in [5.41, 5.74) is 4.73. The number of allylic oxidation sites excluding steroid dienone is 3. The number of H-pyrrole nitrogens is 1. The van der Waals surface area contributed by atoms with Gasteiger partial charge in [0.15, 0.2) is 0 Å². The monoisotopic (exact) mass is 499 g/mol. The normalized spacial score (nSPS) is 15.7. The molecule has 1 amide bonds. The number of aromatic nitrogens is 1. The zero-order chi connectivity index (χ0) is 25.1. The van der Waals surface area contributed by atoms with Gasteiger partial charge in [-0.05, 0) is 48.0 Å². The average molecular weight is 500 g/mol. The summed E-state index contributed by atoms with van der Waals surface area (Å²) < 4.78 is 5.34. The SMILES string of the molecule is COc1ccc2[nH]cc(CC(=O)N3CCN(c4ccc(NC(=N)C5=CC=CCC5=S)cc4)CC3)c2c1. The van der Waals surface area contributed by atoms with Gasteiger partial charge in [0.1, 0.15) is 11.6 Å². The molecule has 0 bridgehead atoms. The fourth-order valence-corrected chi connectivity index (χ4v) is 4.92. The summed E-state index contributed by atoms with van der Waals surface area (Å²) in [6.45, 7) is 2.94. The van der Waals surface area contributed by atoms with E-state index in [0.29, 0.717) is 31.8 Å². The molecule has 1 aliphatic carbocycles. The van der Waals surface area contributed by atoms with Crippen molar-refractivity contribution in [1.29, 1.82) is 5.41 Å². The van der Waals surface area contributed by atoms with Crippen LogP contribution in [0.4, 0.5) is 11.4 Å². The molecule has 36 heavy (non-hydrogen) atoms. The summed E-state index contributed by atoms with van der Waals surface area (Å²) in [6, 6.07) is 13.9. The second-order valence-corrected chi connectivity index (χ2v) is 9.45. The fourth-order valence-electron chi connectivity index (χ4n) is 4.65. The van der Waals surface area contributed by atoms with Crippen molar-refractivity contribution < 1.29 is 9.53 Å². The van der Waals surface area contributed by atoms with Gasteiger partial charge in [0.25, 0.3) is 0 Å². The number of hydrogen-bond acceptors (Lipinski definition) is 5. The van der Waals surface area contributed by atoms with Crippen LogP contribution in [-0.4, -0.2) is 59.8 Å². The van der Waals surface area contributed by atoms with E-state index in [0.717, 1.165) is 57.1 Å². The van der Waals surface area contributed by atoms with Gasteiger partial charge in [-0.15, -0.1) is 0 Å². The van der Waals surface area contributed by atoms with Crippen molar-refractivity contribution in [3.05, 3.63) is 78.0 Å². The molecule has 2 heterocycles. The van der Waals surface area contributed by atoms with Crippen molar-refractivity contribution in [3.63, 3.8) is 0 Å². The number of methoxy groups -OCH3 is 1. The largest absolute Gasteiger partial charge is 0.497 e. The van der Waals surface area contributed by atoms with Gasteiger partial charge in [-0.1, -0.05) is 30.4 Å². The first kappa shape index (κ1) is 23.8. The Morgan fingerprint density at radius 2 is 1.92 bits per heavy atom. The van der Waals surface area contributed by atoms with Crippen LogP contribution >= 0.6 is 12.2 Å². The van der Waals surface area contributed by atoms with Crippen molar-refractivity contribution in [1.82, 2.24) is 9.88 Å². The van der Waals surface area contributed by atoms with Gasteiger partial charge in [-0.2, -0.15) is 0 Å². The van der Waals surface area contributed by atoms with Gasteiger partial charge in [0.2, 0.25) is 5.91 Å². The number of rotatable bonds is 6. The first-order valence-electron chi connectivity index (χ1n) is 12.0. The van der Waals surface area contributed by atoms with Crippen LogP contribution < -0.4 is 15.0 Å². The van der Waals surface area contributed by atoms with Crippen LogP contribution in [0.15, 0.2) is 72.5 Å². The smallest absolute Gasteiger partial charge is 0.227 e. The molecule has 3 N–H and O–H groups in total. The van der Waals surface area contributed by atoms with E-state index in [9.17, 15) is 4.79 Å². The molecule has 8 heteroatoms. The lowest BCUT2D eigenvalue weighted by Gasteiger charge is -2.36. The summed E-state index contributed by atoms with van der Waals surface area (Å²) in [5, 5.41) is 12.5. The minimum Gasteiger partial charge on any atom is -0.497 e. The molecule has 1 saturated heterocycles. The highest BCUT2D eigenvalue weighted by Crippen LogP contribution is 2.25. The number of hydrogen-bond donors (Lipinski definition) is 3. The molecule has 5 rings (SSSR count). The van der Waals surface area contributed by atoms with Gasteiger partial charge in [0, 0.05) is 71.5 Å². The molecule has 0 unspecified atom stereocenters. The Morgan fingerprint density at radius 1 is 1.14 bits per heavy atom. The molecule has 0 atom stereocenters. The third-order valence-corrected chi connectivity index (χ3v) is 7.11. The number of amidine groups is 1. The number of carbonyl (C=O) groups is 1. The number of fused-ring (bicyclic) bond motifs is 1. The molecule has 0 saturated carbocycles. The highest BCUT2D eigenvalue weighted by Gasteiger charge is 2.22. The number of thiocarbonyl (C=S) groups is 1. The lowest BCUT2D eigenvalue weighted by atomic mass is 10.0. The Kier molecular flexibility index (Phi) is 6.86. The third kappa shape index (κ3) is 5.04. The number of amides is 1. The summed E-state index contributed by atoms with van der Waals surface area (Å²) in [6.07, 6.45) is 8.81. The van der Waals surface area contributed by atoms with Crippen molar-refractivity contribution >= 4 is 51.1 Å². The Labute approximate surface area is 215 Å². The summed E-state index contributed by atoms with van der Waals surface area (Å²) >= 11 is 5.37. The van der Waals surface area contributed by atoms with Crippen LogP contribution in [0, 0.1) is 5.41 Å². The number of nitrogens with one attached hydrogen (secondary N) is 3. The third-order valence-electron chi connectivity index (χ3n) is 6.72. The van der Waals surface area contributed by atoms with Gasteiger partial charge in [0.05, 0.1) is 13.5 Å². The molecule has 0 radical (unpaired) electrons. The summed E-state index contributed by atoms with van der Waals surface area (Å²) in [5.74, 6) is 1.24. The molecule has 2 aromatic carbocycles. The Morgan fingerprint density at radius 3 is 2.64 bits per heavy atom. The van der Waals surface area contributed by atoms with Crippen LogP contribution in [0.25, 0.3) is 10.9 Å². The van der Waals surface area contributed by atoms with Crippen molar-refractivity contribution in [2.75, 3.05) is 43.5 Å². The van der Waals surface area contributed by atoms with Crippen LogP contribution in [0.3, 0.4) is 0 Å². The maximum absolute atomic E-state index is 13.0. The molecule has 184 valence electrons. The lowest BCUT2D eigenvalue weighted by Crippen LogP contribution is -2.49. The summed E-state index contributed by atoms with van der Waals surface area (Å²) in [7, 11) is 1.65. The van der Waals surface area contributed by atoms with E-state index in [4.69, 9.17) is 22.4 Å². The molecule has 1 aliphatic heterocycles. The van der Waals surface area contributed by atoms with Crippen molar-refractivity contribution in [2.45, 2.75) is 12.8 Å². The van der Waals surface area contributed by atoms with E-state index < -0.39 is 0 Å². The predicted octanol–water partition coefficient (Wildman–Crippen LogP) is 4.71. The first-order valence-corrected chi connectivity index (χ1v) is 12.5. The number of aromatic amines is 1. The minimum absolute atomic E-state index is 0.140. The van der Waals surface area contributed by atoms with Gasteiger partial charge < -0.3 is 24.8 Å².